The van der Waals surface area contributed by atoms with Crippen molar-refractivity contribution in [3.05, 3.63) is 87.7 Å². The highest BCUT2D eigenvalue weighted by Gasteiger charge is 2.18. The minimum Gasteiger partial charge on any atom is -0.465 e. The van der Waals surface area contributed by atoms with Crippen LogP contribution in [0, 0.1) is 10.1 Å². The first-order chi connectivity index (χ1) is 14.0. The van der Waals surface area contributed by atoms with Crippen molar-refractivity contribution in [2.45, 2.75) is 0 Å². The summed E-state index contributed by atoms with van der Waals surface area (Å²) < 4.78 is 10.3. The van der Waals surface area contributed by atoms with Crippen LogP contribution >= 0.6 is 0 Å². The first-order valence-corrected chi connectivity index (χ1v) is 8.35. The predicted molar refractivity (Wildman–Crippen MR) is 104 cm³/mol. The zero-order chi connectivity index (χ0) is 20.8. The average molecular weight is 393 g/mol. The summed E-state index contributed by atoms with van der Waals surface area (Å²) in [6.45, 7) is 0. The third-order valence-electron chi connectivity index (χ3n) is 3.90. The van der Waals surface area contributed by atoms with Gasteiger partial charge in [0.15, 0.2) is 0 Å². The Morgan fingerprint density at radius 1 is 1.14 bits per heavy atom. The molecule has 1 amide bonds. The van der Waals surface area contributed by atoms with Crippen LogP contribution in [-0.2, 0) is 4.74 Å². The molecule has 29 heavy (non-hydrogen) atoms. The zero-order valence-corrected chi connectivity index (χ0v) is 15.2. The fourth-order valence-electron chi connectivity index (χ4n) is 2.53. The molecule has 0 bridgehead atoms. The monoisotopic (exact) mass is 393 g/mol. The number of nitrogens with zero attached hydrogens (tertiary/aromatic N) is 2. The zero-order valence-electron chi connectivity index (χ0n) is 15.2. The number of furan rings is 1. The lowest BCUT2D eigenvalue weighted by molar-refractivity contribution is -0.385. The summed E-state index contributed by atoms with van der Waals surface area (Å²) >= 11 is 0. The first kappa shape index (κ1) is 19.5. The Morgan fingerprint density at radius 2 is 1.93 bits per heavy atom. The van der Waals surface area contributed by atoms with Gasteiger partial charge in [0.2, 0.25) is 0 Å². The maximum atomic E-state index is 12.1. The van der Waals surface area contributed by atoms with Crippen molar-refractivity contribution >= 4 is 23.8 Å². The van der Waals surface area contributed by atoms with Crippen LogP contribution in [0.25, 0.3) is 11.3 Å². The molecule has 0 saturated carbocycles. The van der Waals surface area contributed by atoms with E-state index in [-0.39, 0.29) is 11.3 Å². The first-order valence-electron chi connectivity index (χ1n) is 8.35. The van der Waals surface area contributed by atoms with Crippen molar-refractivity contribution in [1.29, 1.82) is 0 Å². The normalized spacial score (nSPS) is 10.7. The van der Waals surface area contributed by atoms with E-state index in [1.54, 1.807) is 36.4 Å². The van der Waals surface area contributed by atoms with Crippen LogP contribution in [0.2, 0.25) is 0 Å². The van der Waals surface area contributed by atoms with Gasteiger partial charge in [-0.1, -0.05) is 24.3 Å². The molecule has 9 heteroatoms. The Labute approximate surface area is 164 Å². The lowest BCUT2D eigenvalue weighted by Crippen LogP contribution is -2.18. The van der Waals surface area contributed by atoms with Gasteiger partial charge < -0.3 is 9.15 Å². The number of rotatable bonds is 6. The highest BCUT2D eigenvalue weighted by molar-refractivity contribution is 5.98. The van der Waals surface area contributed by atoms with Gasteiger partial charge in [0.05, 0.1) is 23.8 Å². The number of nitro benzene ring substituents is 1. The van der Waals surface area contributed by atoms with Crippen LogP contribution in [0.3, 0.4) is 0 Å². The van der Waals surface area contributed by atoms with Gasteiger partial charge in [0.25, 0.3) is 11.6 Å². The summed E-state index contributed by atoms with van der Waals surface area (Å²) in [6.07, 6.45) is 1.26. The summed E-state index contributed by atoms with van der Waals surface area (Å²) in [4.78, 5) is 34.1. The van der Waals surface area contributed by atoms with Crippen LogP contribution < -0.4 is 5.43 Å². The summed E-state index contributed by atoms with van der Waals surface area (Å²) in [5.41, 5.74) is 2.86. The highest BCUT2D eigenvalue weighted by atomic mass is 16.6. The van der Waals surface area contributed by atoms with Gasteiger partial charge in [0, 0.05) is 11.6 Å². The topological polar surface area (TPSA) is 124 Å². The number of hydrogen-bond donors (Lipinski definition) is 1. The molecule has 0 aliphatic heterocycles. The van der Waals surface area contributed by atoms with E-state index in [1.807, 2.05) is 0 Å². The van der Waals surface area contributed by atoms with Crippen LogP contribution in [0.15, 0.2) is 70.2 Å². The van der Waals surface area contributed by atoms with E-state index in [9.17, 15) is 19.7 Å². The predicted octanol–water partition coefficient (Wildman–Crippen LogP) is 3.41. The number of methoxy groups -OCH3 is 1. The largest absolute Gasteiger partial charge is 0.465 e. The summed E-state index contributed by atoms with van der Waals surface area (Å²) in [6, 6.07) is 15.6. The van der Waals surface area contributed by atoms with E-state index in [1.165, 1.54) is 37.6 Å². The number of nitrogens with one attached hydrogen (secondary N) is 1. The molecule has 1 heterocycles. The van der Waals surface area contributed by atoms with Crippen molar-refractivity contribution in [3.8, 4) is 11.3 Å². The molecule has 1 N–H and O–H groups in total. The summed E-state index contributed by atoms with van der Waals surface area (Å²) in [5, 5.41) is 14.8. The molecule has 0 saturated heterocycles. The van der Waals surface area contributed by atoms with Gasteiger partial charge in [-0.15, -0.1) is 0 Å². The number of hydrogen-bond acceptors (Lipinski definition) is 7. The molecule has 0 spiro atoms. The molecule has 0 atom stereocenters. The lowest BCUT2D eigenvalue weighted by atomic mass is 10.1. The molecule has 0 radical (unpaired) electrons. The maximum absolute atomic E-state index is 12.1. The van der Waals surface area contributed by atoms with E-state index in [0.29, 0.717) is 22.6 Å². The number of amides is 1. The standard InChI is InChI=1S/C20H15N3O6/c1-28-20(25)14-6-4-5-13(11-14)18-10-9-15(29-18)12-21-22-19(24)16-7-2-3-8-17(16)23(26)27/h2-12H,1H3,(H,22,24)/b21-12-. The number of para-hydroxylation sites is 1. The van der Waals surface area contributed by atoms with Crippen LogP contribution in [0.1, 0.15) is 26.5 Å². The van der Waals surface area contributed by atoms with Gasteiger partial charge in [0.1, 0.15) is 17.1 Å². The van der Waals surface area contributed by atoms with E-state index < -0.39 is 16.8 Å². The van der Waals surface area contributed by atoms with Gasteiger partial charge in [-0.25, -0.2) is 10.2 Å². The van der Waals surface area contributed by atoms with Crippen LogP contribution in [-0.4, -0.2) is 30.1 Å². The van der Waals surface area contributed by atoms with Gasteiger partial charge >= 0.3 is 5.97 Å². The number of esters is 1. The van der Waals surface area contributed by atoms with Crippen LogP contribution in [0.5, 0.6) is 0 Å². The number of hydrazone groups is 1. The van der Waals surface area contributed by atoms with E-state index >= 15 is 0 Å². The Balaban J connectivity index is 1.71. The molecule has 9 nitrogen and oxygen atoms in total. The Kier molecular flexibility index (Phi) is 5.79. The molecule has 1 aromatic heterocycles. The molecule has 0 aliphatic rings. The minimum absolute atomic E-state index is 0.102. The molecule has 3 rings (SSSR count). The quantitative estimate of drug-likeness (QED) is 0.296. The SMILES string of the molecule is COC(=O)c1cccc(-c2ccc(/C=N\NC(=O)c3ccccc3[N+](=O)[O-])o2)c1. The van der Waals surface area contributed by atoms with Crippen molar-refractivity contribution < 1.29 is 23.7 Å². The van der Waals surface area contributed by atoms with Crippen molar-refractivity contribution in [3.63, 3.8) is 0 Å². The van der Waals surface area contributed by atoms with Crippen molar-refractivity contribution in [2.75, 3.05) is 7.11 Å². The second kappa shape index (κ2) is 8.61. The molecule has 0 aliphatic carbocycles. The molecule has 0 fully saturated rings. The molecular formula is C20H15N3O6. The highest BCUT2D eigenvalue weighted by Crippen LogP contribution is 2.23. The maximum Gasteiger partial charge on any atom is 0.337 e. The molecule has 146 valence electrons. The minimum atomic E-state index is -0.717. The second-order valence-electron chi connectivity index (χ2n) is 5.75. The second-order valence-corrected chi connectivity index (χ2v) is 5.75. The molecule has 2 aromatic carbocycles. The third kappa shape index (κ3) is 4.53. The van der Waals surface area contributed by atoms with Gasteiger partial charge in [-0.05, 0) is 30.3 Å². The molecule has 3 aromatic rings. The average Bonchev–Trinajstić information content (AvgIpc) is 3.22. The number of benzene rings is 2. The van der Waals surface area contributed by atoms with Crippen molar-refractivity contribution in [1.82, 2.24) is 5.43 Å². The Bertz CT molecular complexity index is 1100. The Hall–Kier alpha value is -4.27. The van der Waals surface area contributed by atoms with E-state index in [2.05, 4.69) is 10.5 Å². The Morgan fingerprint density at radius 3 is 2.69 bits per heavy atom. The van der Waals surface area contributed by atoms with Gasteiger partial charge in [-0.2, -0.15) is 5.10 Å². The van der Waals surface area contributed by atoms with E-state index in [0.717, 1.165) is 0 Å². The smallest absolute Gasteiger partial charge is 0.337 e. The van der Waals surface area contributed by atoms with Gasteiger partial charge in [-0.3, -0.25) is 14.9 Å². The summed E-state index contributed by atoms with van der Waals surface area (Å²) in [7, 11) is 1.30. The lowest BCUT2D eigenvalue weighted by Gasteiger charge is -2.01. The fraction of sp³-hybridized carbons (Fsp3) is 0.0500. The number of ether oxygens (including phenoxy) is 1. The van der Waals surface area contributed by atoms with Crippen molar-refractivity contribution in [2.24, 2.45) is 5.10 Å². The van der Waals surface area contributed by atoms with E-state index in [4.69, 9.17) is 9.15 Å². The molecule has 0 unspecified atom stereocenters. The van der Waals surface area contributed by atoms with Crippen LogP contribution in [0.4, 0.5) is 5.69 Å². The molecular weight excluding hydrogens is 378 g/mol. The summed E-state index contributed by atoms with van der Waals surface area (Å²) in [5.74, 6) is -0.349. The number of carbonyl (C=O) groups excluding carboxylic acids is 2. The number of carbonyl (C=O) groups is 2. The third-order valence-corrected chi connectivity index (χ3v) is 3.90. The number of nitro groups is 1. The fourth-order valence-corrected chi connectivity index (χ4v) is 2.53.